The lowest BCUT2D eigenvalue weighted by atomic mass is 10.0. The normalized spacial score (nSPS) is 19.0. The van der Waals surface area contributed by atoms with E-state index in [0.717, 1.165) is 40.7 Å². The third-order valence-corrected chi connectivity index (χ3v) is 7.05. The Labute approximate surface area is 183 Å². The van der Waals surface area contributed by atoms with Gasteiger partial charge in [0.1, 0.15) is 0 Å². The molecule has 2 aromatic heterocycles. The van der Waals surface area contributed by atoms with Gasteiger partial charge in [-0.15, -0.1) is 0 Å². The van der Waals surface area contributed by atoms with Crippen LogP contribution in [0.15, 0.2) is 24.5 Å². The number of benzene rings is 1. The van der Waals surface area contributed by atoms with Crippen molar-refractivity contribution in [3.8, 4) is 11.1 Å². The van der Waals surface area contributed by atoms with Crippen LogP contribution in [-0.4, -0.2) is 56.5 Å². The van der Waals surface area contributed by atoms with Gasteiger partial charge in [0.15, 0.2) is 0 Å². The number of nitrogens with one attached hydrogen (secondary N) is 1. The summed E-state index contributed by atoms with van der Waals surface area (Å²) in [6.07, 6.45) is 4.61. The molecule has 0 aliphatic carbocycles. The molecule has 1 fully saturated rings. The van der Waals surface area contributed by atoms with Crippen molar-refractivity contribution in [2.45, 2.75) is 25.9 Å². The predicted molar refractivity (Wildman–Crippen MR) is 115 cm³/mol. The lowest BCUT2D eigenvalue weighted by Crippen LogP contribution is -2.39. The number of halogens is 2. The van der Waals surface area contributed by atoms with Crippen LogP contribution in [0.2, 0.25) is 10.0 Å². The monoisotopic (exact) mass is 445 g/mol. The van der Waals surface area contributed by atoms with Crippen molar-refractivity contribution < 1.29 is 9.59 Å². The standard InChI is InChI=1S/C21H21Cl2N5O2/c1-26-5-4-12(21(26)30)8-17(29)27-6-7-28-16(11-27)18(13-9-24-25-10-13)14-2-3-15(22)19(23)20(14)28/h2-3,9-10,12H,4-8,11H2,1H3,(H,24,25). The summed E-state index contributed by atoms with van der Waals surface area (Å²) in [5.41, 5.74) is 3.83. The molecule has 3 aromatic rings. The summed E-state index contributed by atoms with van der Waals surface area (Å²) in [6, 6.07) is 3.77. The molecule has 1 N–H and O–H groups in total. The van der Waals surface area contributed by atoms with Gasteiger partial charge in [-0.1, -0.05) is 29.3 Å². The van der Waals surface area contributed by atoms with E-state index in [1.165, 1.54) is 0 Å². The van der Waals surface area contributed by atoms with Crippen LogP contribution in [-0.2, 0) is 22.7 Å². The number of hydrogen-bond acceptors (Lipinski definition) is 3. The second kappa shape index (κ2) is 7.32. The molecule has 1 aromatic carbocycles. The Hall–Kier alpha value is -2.51. The van der Waals surface area contributed by atoms with Crippen molar-refractivity contribution in [1.82, 2.24) is 24.6 Å². The largest absolute Gasteiger partial charge is 0.345 e. The van der Waals surface area contributed by atoms with Gasteiger partial charge in [0, 0.05) is 67.4 Å². The first-order valence-corrected chi connectivity index (χ1v) is 10.7. The van der Waals surface area contributed by atoms with E-state index < -0.39 is 0 Å². The molecular formula is C21H21Cl2N5O2. The van der Waals surface area contributed by atoms with E-state index in [-0.39, 0.29) is 24.2 Å². The fraction of sp³-hybridized carbons (Fsp3) is 0.381. The molecule has 1 unspecified atom stereocenters. The molecule has 156 valence electrons. The van der Waals surface area contributed by atoms with E-state index in [1.54, 1.807) is 24.2 Å². The number of aromatic amines is 1. The first-order chi connectivity index (χ1) is 14.5. The highest BCUT2D eigenvalue weighted by Crippen LogP contribution is 2.42. The minimum absolute atomic E-state index is 0.0161. The number of fused-ring (bicyclic) bond motifs is 3. The fourth-order valence-electron chi connectivity index (χ4n) is 4.67. The molecule has 2 aliphatic rings. The smallest absolute Gasteiger partial charge is 0.226 e. The highest BCUT2D eigenvalue weighted by molar-refractivity contribution is 6.45. The summed E-state index contributed by atoms with van der Waals surface area (Å²) in [5, 5.41) is 8.97. The average Bonchev–Trinajstić information content (AvgIpc) is 3.44. The van der Waals surface area contributed by atoms with Gasteiger partial charge in [-0.3, -0.25) is 14.7 Å². The Morgan fingerprint density at radius 3 is 2.80 bits per heavy atom. The molecule has 30 heavy (non-hydrogen) atoms. The van der Waals surface area contributed by atoms with E-state index in [4.69, 9.17) is 23.2 Å². The van der Waals surface area contributed by atoms with Gasteiger partial charge in [0.25, 0.3) is 0 Å². The van der Waals surface area contributed by atoms with Crippen LogP contribution < -0.4 is 0 Å². The van der Waals surface area contributed by atoms with E-state index in [2.05, 4.69) is 14.8 Å². The van der Waals surface area contributed by atoms with Crippen molar-refractivity contribution in [3.05, 3.63) is 40.3 Å². The Balaban J connectivity index is 1.52. The van der Waals surface area contributed by atoms with Gasteiger partial charge in [-0.25, -0.2) is 0 Å². The number of nitrogens with zero attached hydrogens (tertiary/aromatic N) is 4. The first kappa shape index (κ1) is 19.5. The summed E-state index contributed by atoms with van der Waals surface area (Å²) in [4.78, 5) is 28.8. The Morgan fingerprint density at radius 2 is 2.10 bits per heavy atom. The summed E-state index contributed by atoms with van der Waals surface area (Å²) in [7, 11) is 1.79. The van der Waals surface area contributed by atoms with Crippen LogP contribution in [0.25, 0.3) is 22.0 Å². The second-order valence-corrected chi connectivity index (χ2v) is 8.77. The van der Waals surface area contributed by atoms with E-state index >= 15 is 0 Å². The zero-order chi connectivity index (χ0) is 21.0. The molecular weight excluding hydrogens is 425 g/mol. The maximum absolute atomic E-state index is 13.0. The number of amides is 2. The Morgan fingerprint density at radius 1 is 1.27 bits per heavy atom. The van der Waals surface area contributed by atoms with Crippen molar-refractivity contribution in [2.24, 2.45) is 5.92 Å². The molecule has 2 aliphatic heterocycles. The van der Waals surface area contributed by atoms with Gasteiger partial charge >= 0.3 is 0 Å². The summed E-state index contributed by atoms with van der Waals surface area (Å²) in [5.74, 6) is -0.130. The van der Waals surface area contributed by atoms with Crippen molar-refractivity contribution in [3.63, 3.8) is 0 Å². The van der Waals surface area contributed by atoms with Gasteiger partial charge < -0.3 is 14.4 Å². The van der Waals surface area contributed by atoms with Gasteiger partial charge in [0.2, 0.25) is 11.8 Å². The predicted octanol–water partition coefficient (Wildman–Crippen LogP) is 3.55. The Bertz CT molecular complexity index is 1150. The zero-order valence-electron chi connectivity index (χ0n) is 16.5. The number of rotatable bonds is 3. The van der Waals surface area contributed by atoms with E-state index in [0.29, 0.717) is 29.7 Å². The third-order valence-electron chi connectivity index (χ3n) is 6.26. The molecule has 5 rings (SSSR count). The van der Waals surface area contributed by atoms with Gasteiger partial charge in [-0.05, 0) is 12.5 Å². The quantitative estimate of drug-likeness (QED) is 0.669. The van der Waals surface area contributed by atoms with Crippen molar-refractivity contribution >= 4 is 45.9 Å². The van der Waals surface area contributed by atoms with E-state index in [1.807, 2.05) is 17.2 Å². The first-order valence-electron chi connectivity index (χ1n) is 9.96. The van der Waals surface area contributed by atoms with Crippen LogP contribution in [0.1, 0.15) is 18.5 Å². The SMILES string of the molecule is CN1CCC(CC(=O)N2CCn3c(c(-c4cn[nH]c4)c4ccc(Cl)c(Cl)c43)C2)C1=O. The lowest BCUT2D eigenvalue weighted by molar-refractivity contribution is -0.138. The molecule has 0 saturated carbocycles. The number of hydrogen-bond donors (Lipinski definition) is 1. The maximum Gasteiger partial charge on any atom is 0.226 e. The Kier molecular flexibility index (Phi) is 4.75. The molecule has 1 saturated heterocycles. The number of likely N-dealkylation sites (tertiary alicyclic amines) is 1. The molecule has 4 heterocycles. The third kappa shape index (κ3) is 2.99. The van der Waals surface area contributed by atoms with Gasteiger partial charge in [0.05, 0.1) is 28.3 Å². The molecule has 0 radical (unpaired) electrons. The van der Waals surface area contributed by atoms with Crippen LogP contribution in [0.4, 0.5) is 0 Å². The second-order valence-electron chi connectivity index (χ2n) is 7.98. The average molecular weight is 446 g/mol. The number of carbonyl (C=O) groups is 2. The van der Waals surface area contributed by atoms with Crippen LogP contribution in [0.5, 0.6) is 0 Å². The highest BCUT2D eigenvalue weighted by Gasteiger charge is 2.34. The molecule has 0 spiro atoms. The van der Waals surface area contributed by atoms with Crippen LogP contribution in [0.3, 0.4) is 0 Å². The summed E-state index contributed by atoms with van der Waals surface area (Å²) < 4.78 is 2.16. The van der Waals surface area contributed by atoms with Crippen LogP contribution >= 0.6 is 23.2 Å². The van der Waals surface area contributed by atoms with Crippen molar-refractivity contribution in [2.75, 3.05) is 20.1 Å². The van der Waals surface area contributed by atoms with Crippen molar-refractivity contribution in [1.29, 1.82) is 0 Å². The maximum atomic E-state index is 13.0. The topological polar surface area (TPSA) is 74.2 Å². The molecule has 7 nitrogen and oxygen atoms in total. The summed E-state index contributed by atoms with van der Waals surface area (Å²) >= 11 is 12.9. The number of H-pyrrole nitrogens is 1. The number of carbonyl (C=O) groups excluding carboxylic acids is 2. The minimum atomic E-state index is -0.211. The molecule has 2 amide bonds. The fourth-order valence-corrected chi connectivity index (χ4v) is 5.09. The summed E-state index contributed by atoms with van der Waals surface area (Å²) in [6.45, 7) is 2.36. The van der Waals surface area contributed by atoms with Crippen LogP contribution in [0, 0.1) is 5.92 Å². The number of aromatic nitrogens is 3. The molecule has 0 bridgehead atoms. The zero-order valence-corrected chi connectivity index (χ0v) is 18.0. The molecule has 1 atom stereocenters. The highest BCUT2D eigenvalue weighted by atomic mass is 35.5. The van der Waals surface area contributed by atoms with E-state index in [9.17, 15) is 9.59 Å². The minimum Gasteiger partial charge on any atom is -0.345 e. The molecule has 9 heteroatoms. The van der Waals surface area contributed by atoms with Gasteiger partial charge in [-0.2, -0.15) is 5.10 Å². The lowest BCUT2D eigenvalue weighted by Gasteiger charge is -2.30.